The first-order valence-electron chi connectivity index (χ1n) is 11.4. The SMILES string of the molecule is COc1c2c(c(OCC3OC4(C=CC5=C(C=CC(C)(I)C=C5)O4)OC3(N)N)c3ccoc13)C=CCO2. The Labute approximate surface area is 221 Å². The first-order chi connectivity index (χ1) is 17.2. The van der Waals surface area contributed by atoms with E-state index in [9.17, 15) is 0 Å². The first-order valence-corrected chi connectivity index (χ1v) is 12.5. The van der Waals surface area contributed by atoms with E-state index in [2.05, 4.69) is 35.6 Å². The fourth-order valence-corrected chi connectivity index (χ4v) is 4.83. The number of hydrogen-bond acceptors (Lipinski definition) is 9. The summed E-state index contributed by atoms with van der Waals surface area (Å²) in [6, 6.07) is 1.80. The zero-order valence-electron chi connectivity index (χ0n) is 19.7. The van der Waals surface area contributed by atoms with Gasteiger partial charge in [0.1, 0.15) is 24.7 Å². The van der Waals surface area contributed by atoms with Gasteiger partial charge in [-0.25, -0.2) is 0 Å². The van der Waals surface area contributed by atoms with E-state index in [1.54, 1.807) is 25.5 Å². The number of hydrogen-bond donors (Lipinski definition) is 2. The molecular weight excluding hydrogens is 579 g/mol. The zero-order valence-corrected chi connectivity index (χ0v) is 21.8. The highest BCUT2D eigenvalue weighted by molar-refractivity contribution is 14.1. The van der Waals surface area contributed by atoms with Gasteiger partial charge >= 0.3 is 5.97 Å². The predicted octanol–water partition coefficient (Wildman–Crippen LogP) is 4.03. The topological polar surface area (TPSA) is 121 Å². The molecule has 0 saturated carbocycles. The summed E-state index contributed by atoms with van der Waals surface area (Å²) < 4.78 is 41.4. The number of fused-ring (bicyclic) bond motifs is 2. The van der Waals surface area contributed by atoms with Crippen LogP contribution in [-0.4, -0.2) is 41.7 Å². The number of benzene rings is 1. The molecule has 0 radical (unpaired) electrons. The van der Waals surface area contributed by atoms with Gasteiger partial charge in [-0.15, -0.1) is 0 Å². The van der Waals surface area contributed by atoms with Gasteiger partial charge in [0.15, 0.2) is 17.4 Å². The Balaban J connectivity index is 1.27. The molecule has 3 aliphatic heterocycles. The summed E-state index contributed by atoms with van der Waals surface area (Å²) in [7, 11) is 1.57. The molecule has 4 aliphatic rings. The van der Waals surface area contributed by atoms with Crippen LogP contribution in [0.25, 0.3) is 17.0 Å². The van der Waals surface area contributed by atoms with Gasteiger partial charge in [0.05, 0.1) is 27.7 Å². The van der Waals surface area contributed by atoms with Crippen molar-refractivity contribution in [1.82, 2.24) is 0 Å². The molecule has 4 heterocycles. The molecule has 36 heavy (non-hydrogen) atoms. The van der Waals surface area contributed by atoms with Crippen LogP contribution in [0.5, 0.6) is 17.2 Å². The van der Waals surface area contributed by atoms with Gasteiger partial charge in [-0.1, -0.05) is 40.8 Å². The quantitative estimate of drug-likeness (QED) is 0.303. The Morgan fingerprint density at radius 3 is 2.75 bits per heavy atom. The summed E-state index contributed by atoms with van der Waals surface area (Å²) in [4.78, 5) is 0. The number of furan rings is 1. The van der Waals surface area contributed by atoms with E-state index in [1.807, 2.05) is 36.5 Å². The molecule has 9 nitrogen and oxygen atoms in total. The molecule has 1 aliphatic carbocycles. The molecule has 2 aromatic rings. The summed E-state index contributed by atoms with van der Waals surface area (Å²) >= 11 is 2.35. The molecule has 3 atom stereocenters. The summed E-state index contributed by atoms with van der Waals surface area (Å²) in [6.07, 6.45) is 16.1. The lowest BCUT2D eigenvalue weighted by atomic mass is 10.1. The second kappa shape index (κ2) is 8.38. The summed E-state index contributed by atoms with van der Waals surface area (Å²) in [6.45, 7) is 2.48. The number of alkyl halides is 1. The van der Waals surface area contributed by atoms with E-state index in [0.29, 0.717) is 35.2 Å². The third kappa shape index (κ3) is 3.93. The van der Waals surface area contributed by atoms with Crippen molar-refractivity contribution in [3.05, 3.63) is 71.8 Å². The number of ether oxygens (including phenoxy) is 6. The van der Waals surface area contributed by atoms with Crippen molar-refractivity contribution in [1.29, 1.82) is 0 Å². The molecule has 4 N–H and O–H groups in total. The summed E-state index contributed by atoms with van der Waals surface area (Å²) in [5.41, 5.74) is 14.8. The van der Waals surface area contributed by atoms with Crippen molar-refractivity contribution in [3.63, 3.8) is 0 Å². The van der Waals surface area contributed by atoms with Gasteiger partial charge in [-0.2, -0.15) is 0 Å². The van der Waals surface area contributed by atoms with Crippen LogP contribution in [-0.2, 0) is 14.2 Å². The number of methoxy groups -OCH3 is 1. The van der Waals surface area contributed by atoms with E-state index in [1.165, 1.54) is 0 Å². The van der Waals surface area contributed by atoms with Gasteiger partial charge < -0.3 is 28.1 Å². The Hall–Kier alpha value is -2.77. The van der Waals surface area contributed by atoms with Crippen LogP contribution in [0.15, 0.2) is 70.6 Å². The molecule has 0 amide bonds. The minimum atomic E-state index is -1.68. The van der Waals surface area contributed by atoms with E-state index in [-0.39, 0.29) is 10.0 Å². The van der Waals surface area contributed by atoms with E-state index in [0.717, 1.165) is 16.5 Å². The second-order valence-electron chi connectivity index (χ2n) is 9.03. The van der Waals surface area contributed by atoms with Gasteiger partial charge in [0.25, 0.3) is 0 Å². The fraction of sp³-hybridized carbons (Fsp3) is 0.308. The van der Waals surface area contributed by atoms with Gasteiger partial charge in [0, 0.05) is 11.6 Å². The van der Waals surface area contributed by atoms with Crippen LogP contribution < -0.4 is 25.7 Å². The molecule has 1 aromatic heterocycles. The molecule has 1 fully saturated rings. The number of allylic oxidation sites excluding steroid dienone is 6. The van der Waals surface area contributed by atoms with Crippen LogP contribution in [0.1, 0.15) is 12.5 Å². The standard InChI is InChI=1S/C26H25IN2O7/c1-24(27)9-5-15-6-11-25(34-18(15)7-10-24)35-19(26(28,29)36-25)14-33-20-16-4-3-12-31-21(16)23(30-2)22-17(20)8-13-32-22/h3-11,13,19H,12,14,28-29H2,1-2H3. The molecular formula is C26H25IN2O7. The summed E-state index contributed by atoms with van der Waals surface area (Å²) in [5.74, 6) is -1.08. The number of rotatable bonds is 4. The maximum absolute atomic E-state index is 6.32. The largest absolute Gasteiger partial charge is 0.490 e. The van der Waals surface area contributed by atoms with Crippen molar-refractivity contribution in [2.24, 2.45) is 11.5 Å². The average Bonchev–Trinajstić information content (AvgIpc) is 3.37. The zero-order chi connectivity index (χ0) is 25.1. The molecule has 1 spiro atoms. The minimum absolute atomic E-state index is 0.0215. The van der Waals surface area contributed by atoms with E-state index < -0.39 is 17.9 Å². The highest BCUT2D eigenvalue weighted by Crippen LogP contribution is 2.48. The highest BCUT2D eigenvalue weighted by Gasteiger charge is 2.56. The van der Waals surface area contributed by atoms with Crippen molar-refractivity contribution in [2.45, 2.75) is 28.3 Å². The number of nitrogens with two attached hydrogens (primary N) is 2. The fourth-order valence-electron chi connectivity index (χ4n) is 4.47. The Morgan fingerprint density at radius 2 is 1.92 bits per heavy atom. The van der Waals surface area contributed by atoms with Crippen molar-refractivity contribution < 1.29 is 32.8 Å². The first kappa shape index (κ1) is 23.6. The predicted molar refractivity (Wildman–Crippen MR) is 141 cm³/mol. The molecule has 0 bridgehead atoms. The molecule has 1 saturated heterocycles. The van der Waals surface area contributed by atoms with Gasteiger partial charge in [-0.3, -0.25) is 16.2 Å². The Morgan fingerprint density at radius 1 is 1.11 bits per heavy atom. The lowest BCUT2D eigenvalue weighted by Crippen LogP contribution is -2.59. The van der Waals surface area contributed by atoms with E-state index >= 15 is 0 Å². The van der Waals surface area contributed by atoms with Crippen LogP contribution in [0.4, 0.5) is 0 Å². The maximum Gasteiger partial charge on any atom is 0.352 e. The van der Waals surface area contributed by atoms with Gasteiger partial charge in [0.2, 0.25) is 11.6 Å². The lowest BCUT2D eigenvalue weighted by Gasteiger charge is -2.29. The second-order valence-corrected chi connectivity index (χ2v) is 11.4. The van der Waals surface area contributed by atoms with Crippen molar-refractivity contribution in [3.8, 4) is 17.2 Å². The molecule has 6 rings (SSSR count). The molecule has 1 aromatic carbocycles. The molecule has 188 valence electrons. The minimum Gasteiger partial charge on any atom is -0.490 e. The van der Waals surface area contributed by atoms with E-state index in [4.69, 9.17) is 44.3 Å². The van der Waals surface area contributed by atoms with Gasteiger partial charge in [-0.05, 0) is 37.3 Å². The normalized spacial score (nSPS) is 29.6. The maximum atomic E-state index is 6.32. The van der Waals surface area contributed by atoms with Crippen molar-refractivity contribution >= 4 is 39.6 Å². The Kier molecular flexibility index (Phi) is 5.50. The monoisotopic (exact) mass is 604 g/mol. The average molecular weight is 604 g/mol. The third-order valence-corrected chi connectivity index (χ3v) is 7.00. The summed E-state index contributed by atoms with van der Waals surface area (Å²) in [5, 5.41) is 0.717. The smallest absolute Gasteiger partial charge is 0.352 e. The third-order valence-electron chi connectivity index (χ3n) is 6.29. The van der Waals surface area contributed by atoms with Crippen LogP contribution in [0.3, 0.4) is 0 Å². The van der Waals surface area contributed by atoms with Crippen LogP contribution >= 0.6 is 22.6 Å². The Bertz CT molecular complexity index is 1380. The molecule has 10 heteroatoms. The van der Waals surface area contributed by atoms with Crippen molar-refractivity contribution in [2.75, 3.05) is 20.3 Å². The highest BCUT2D eigenvalue weighted by atomic mass is 127. The van der Waals surface area contributed by atoms with Crippen LogP contribution in [0, 0.1) is 0 Å². The number of halogens is 1. The lowest BCUT2D eigenvalue weighted by molar-refractivity contribution is -0.299. The van der Waals surface area contributed by atoms with Crippen LogP contribution in [0.2, 0.25) is 0 Å². The molecule has 3 unspecified atom stereocenters.